The lowest BCUT2D eigenvalue weighted by Gasteiger charge is -2.15. The van der Waals surface area contributed by atoms with Gasteiger partial charge < -0.3 is 10.4 Å². The molecule has 1 aromatic rings. The van der Waals surface area contributed by atoms with Gasteiger partial charge in [0.15, 0.2) is 0 Å². The van der Waals surface area contributed by atoms with E-state index in [4.69, 9.17) is 0 Å². The Hall–Kier alpha value is -0.870. The molecule has 1 aliphatic rings. The number of carboxylic acids is 1. The van der Waals surface area contributed by atoms with Crippen molar-refractivity contribution in [1.82, 2.24) is 5.32 Å². The highest BCUT2D eigenvalue weighted by Crippen LogP contribution is 2.29. The van der Waals surface area contributed by atoms with Crippen molar-refractivity contribution in [3.63, 3.8) is 0 Å². The average Bonchev–Trinajstić information content (AvgIpc) is 3.04. The van der Waals surface area contributed by atoms with Crippen LogP contribution in [-0.2, 0) is 4.79 Å². The zero-order chi connectivity index (χ0) is 11.5. The van der Waals surface area contributed by atoms with Gasteiger partial charge in [-0.15, -0.1) is 0 Å². The van der Waals surface area contributed by atoms with Crippen LogP contribution in [0.1, 0.15) is 24.4 Å². The number of halogens is 1. The first-order valence-corrected chi connectivity index (χ1v) is 6.18. The second-order valence-corrected chi connectivity index (χ2v) is 5.00. The number of rotatable bonds is 5. The molecule has 86 valence electrons. The largest absolute Gasteiger partial charge is 0.480 e. The topological polar surface area (TPSA) is 49.3 Å². The Balaban J connectivity index is 2.11. The maximum absolute atomic E-state index is 11.2. The van der Waals surface area contributed by atoms with Gasteiger partial charge in [0.05, 0.1) is 0 Å². The summed E-state index contributed by atoms with van der Waals surface area (Å²) in [4.78, 5) is 11.2. The first-order chi connectivity index (χ1) is 7.68. The van der Waals surface area contributed by atoms with Crippen LogP contribution in [0, 0.1) is 5.92 Å². The molecule has 1 fully saturated rings. The summed E-state index contributed by atoms with van der Waals surface area (Å²) < 4.78 is 0.839. The third-order valence-corrected chi connectivity index (χ3v) is 3.49. The van der Waals surface area contributed by atoms with E-state index in [-0.39, 0.29) is 0 Å². The van der Waals surface area contributed by atoms with Crippen LogP contribution in [-0.4, -0.2) is 17.6 Å². The Kier molecular flexibility index (Phi) is 3.61. The molecule has 1 atom stereocenters. The third kappa shape index (κ3) is 2.83. The van der Waals surface area contributed by atoms with Crippen molar-refractivity contribution in [3.8, 4) is 0 Å². The van der Waals surface area contributed by atoms with Gasteiger partial charge in [-0.25, -0.2) is 0 Å². The van der Waals surface area contributed by atoms with Gasteiger partial charge in [0.1, 0.15) is 6.04 Å². The number of nitrogens with one attached hydrogen (secondary N) is 1. The number of hydrogen-bond acceptors (Lipinski definition) is 2. The summed E-state index contributed by atoms with van der Waals surface area (Å²) in [5, 5.41) is 12.3. The molecule has 0 heterocycles. The molecule has 2 N–H and O–H groups in total. The molecule has 1 aliphatic carbocycles. The number of hydrogen-bond donors (Lipinski definition) is 2. The van der Waals surface area contributed by atoms with Crippen LogP contribution < -0.4 is 5.32 Å². The Morgan fingerprint density at radius 1 is 1.50 bits per heavy atom. The summed E-state index contributed by atoms with van der Waals surface area (Å²) in [7, 11) is 0. The third-order valence-electron chi connectivity index (χ3n) is 2.77. The SMILES string of the molecule is O=C(O)C(NCC1CC1)c1ccccc1Br. The first kappa shape index (κ1) is 11.6. The Bertz CT molecular complexity index is 390. The standard InChI is InChI=1S/C12H14BrNO2/c13-10-4-2-1-3-9(10)11(12(15)16)14-7-8-5-6-8/h1-4,8,11,14H,5-7H2,(H,15,16). The van der Waals surface area contributed by atoms with Crippen molar-refractivity contribution in [2.45, 2.75) is 18.9 Å². The minimum absolute atomic E-state index is 0.615. The van der Waals surface area contributed by atoms with Gasteiger partial charge >= 0.3 is 5.97 Å². The number of benzene rings is 1. The van der Waals surface area contributed by atoms with Crippen molar-refractivity contribution in [1.29, 1.82) is 0 Å². The number of carboxylic acid groups (broad SMARTS) is 1. The maximum atomic E-state index is 11.2. The number of aliphatic carboxylic acids is 1. The fourth-order valence-corrected chi connectivity index (χ4v) is 2.16. The van der Waals surface area contributed by atoms with Crippen molar-refractivity contribution >= 4 is 21.9 Å². The molecule has 1 aromatic carbocycles. The molecule has 4 heteroatoms. The average molecular weight is 284 g/mol. The minimum atomic E-state index is -0.826. The molecule has 1 saturated carbocycles. The molecule has 0 spiro atoms. The highest BCUT2D eigenvalue weighted by molar-refractivity contribution is 9.10. The predicted octanol–water partition coefficient (Wildman–Crippen LogP) is 2.57. The van der Waals surface area contributed by atoms with Crippen LogP contribution in [0.15, 0.2) is 28.7 Å². The summed E-state index contributed by atoms with van der Waals surface area (Å²) in [6.07, 6.45) is 2.44. The zero-order valence-corrected chi connectivity index (χ0v) is 10.4. The van der Waals surface area contributed by atoms with Gasteiger partial charge in [-0.05, 0) is 36.9 Å². The van der Waals surface area contributed by atoms with Gasteiger partial charge in [0.25, 0.3) is 0 Å². The molecule has 0 amide bonds. The summed E-state index contributed by atoms with van der Waals surface area (Å²) in [5.74, 6) is -0.156. The van der Waals surface area contributed by atoms with E-state index >= 15 is 0 Å². The maximum Gasteiger partial charge on any atom is 0.325 e. The second kappa shape index (κ2) is 4.97. The van der Waals surface area contributed by atoms with E-state index in [1.165, 1.54) is 12.8 Å². The molecule has 0 bridgehead atoms. The van der Waals surface area contributed by atoms with Crippen LogP contribution >= 0.6 is 15.9 Å². The van der Waals surface area contributed by atoms with Gasteiger partial charge in [-0.1, -0.05) is 34.1 Å². The fourth-order valence-electron chi connectivity index (χ4n) is 1.65. The number of carbonyl (C=O) groups is 1. The lowest BCUT2D eigenvalue weighted by molar-refractivity contribution is -0.139. The molecular weight excluding hydrogens is 270 g/mol. The fraction of sp³-hybridized carbons (Fsp3) is 0.417. The lowest BCUT2D eigenvalue weighted by Crippen LogP contribution is -2.30. The molecule has 0 aliphatic heterocycles. The zero-order valence-electron chi connectivity index (χ0n) is 8.82. The van der Waals surface area contributed by atoms with E-state index in [1.54, 1.807) is 0 Å². The van der Waals surface area contributed by atoms with E-state index in [9.17, 15) is 9.90 Å². The molecule has 3 nitrogen and oxygen atoms in total. The van der Waals surface area contributed by atoms with Crippen LogP contribution in [0.5, 0.6) is 0 Å². The minimum Gasteiger partial charge on any atom is -0.480 e. The summed E-state index contributed by atoms with van der Waals surface area (Å²) in [6.45, 7) is 0.790. The van der Waals surface area contributed by atoms with Gasteiger partial charge in [-0.3, -0.25) is 4.79 Å². The predicted molar refractivity (Wildman–Crippen MR) is 65.2 cm³/mol. The van der Waals surface area contributed by atoms with Crippen molar-refractivity contribution in [2.24, 2.45) is 5.92 Å². The van der Waals surface area contributed by atoms with Crippen LogP contribution in [0.25, 0.3) is 0 Å². The van der Waals surface area contributed by atoms with Gasteiger partial charge in [0, 0.05) is 4.47 Å². The molecule has 16 heavy (non-hydrogen) atoms. The van der Waals surface area contributed by atoms with Gasteiger partial charge in [0.2, 0.25) is 0 Å². The van der Waals surface area contributed by atoms with E-state index in [0.717, 1.165) is 16.6 Å². The van der Waals surface area contributed by atoms with E-state index in [2.05, 4.69) is 21.2 Å². The summed E-state index contributed by atoms with van der Waals surface area (Å²) >= 11 is 3.38. The van der Waals surface area contributed by atoms with E-state index < -0.39 is 12.0 Å². The Labute approximate surface area is 103 Å². The van der Waals surface area contributed by atoms with Crippen molar-refractivity contribution < 1.29 is 9.90 Å². The molecule has 1 unspecified atom stereocenters. The molecule has 0 radical (unpaired) electrons. The highest BCUT2D eigenvalue weighted by Gasteiger charge is 2.26. The van der Waals surface area contributed by atoms with Gasteiger partial charge in [-0.2, -0.15) is 0 Å². The smallest absolute Gasteiger partial charge is 0.325 e. The van der Waals surface area contributed by atoms with E-state index in [1.807, 2.05) is 24.3 Å². The Morgan fingerprint density at radius 3 is 2.75 bits per heavy atom. The monoisotopic (exact) mass is 283 g/mol. The van der Waals surface area contributed by atoms with E-state index in [0.29, 0.717) is 5.92 Å². The molecule has 2 rings (SSSR count). The summed E-state index contributed by atoms with van der Waals surface area (Å²) in [6, 6.07) is 6.82. The quantitative estimate of drug-likeness (QED) is 0.873. The first-order valence-electron chi connectivity index (χ1n) is 5.39. The normalized spacial score (nSPS) is 17.1. The molecule has 0 aromatic heterocycles. The second-order valence-electron chi connectivity index (χ2n) is 4.14. The van der Waals surface area contributed by atoms with Crippen LogP contribution in [0.4, 0.5) is 0 Å². The summed E-state index contributed by atoms with van der Waals surface area (Å²) in [5.41, 5.74) is 0.788. The molecule has 0 saturated heterocycles. The molecular formula is C12H14BrNO2. The van der Waals surface area contributed by atoms with Crippen LogP contribution in [0.3, 0.4) is 0 Å². The van der Waals surface area contributed by atoms with Crippen molar-refractivity contribution in [3.05, 3.63) is 34.3 Å². The van der Waals surface area contributed by atoms with Crippen molar-refractivity contribution in [2.75, 3.05) is 6.54 Å². The highest BCUT2D eigenvalue weighted by atomic mass is 79.9. The Morgan fingerprint density at radius 2 is 2.19 bits per heavy atom. The lowest BCUT2D eigenvalue weighted by atomic mass is 10.1. The van der Waals surface area contributed by atoms with Crippen LogP contribution in [0.2, 0.25) is 0 Å².